The van der Waals surface area contributed by atoms with E-state index in [4.69, 9.17) is 10.5 Å². The van der Waals surface area contributed by atoms with Crippen LogP contribution in [0.4, 0.5) is 0 Å². The van der Waals surface area contributed by atoms with Crippen molar-refractivity contribution in [1.82, 2.24) is 0 Å². The van der Waals surface area contributed by atoms with Crippen LogP contribution in [0.15, 0.2) is 0 Å². The minimum Gasteiger partial charge on any atom is -0.380 e. The van der Waals surface area contributed by atoms with E-state index < -0.39 is 0 Å². The number of ether oxygens (including phenoxy) is 1. The first kappa shape index (κ1) is 11.0. The van der Waals surface area contributed by atoms with Gasteiger partial charge >= 0.3 is 0 Å². The van der Waals surface area contributed by atoms with E-state index in [-0.39, 0.29) is 0 Å². The van der Waals surface area contributed by atoms with E-state index >= 15 is 0 Å². The number of methoxy groups -OCH3 is 1. The minimum atomic E-state index is 0.295. The molecule has 0 spiro atoms. The maximum absolute atomic E-state index is 5.61. The van der Waals surface area contributed by atoms with Crippen LogP contribution in [-0.2, 0) is 4.74 Å². The van der Waals surface area contributed by atoms with Crippen LogP contribution in [0.5, 0.6) is 0 Å². The van der Waals surface area contributed by atoms with Crippen LogP contribution in [-0.4, -0.2) is 19.8 Å². The summed E-state index contributed by atoms with van der Waals surface area (Å²) < 4.78 is 5.32. The molecular formula is C11H23NO. The summed E-state index contributed by atoms with van der Waals surface area (Å²) in [5, 5.41) is 0. The topological polar surface area (TPSA) is 35.2 Å². The molecule has 0 aromatic rings. The summed E-state index contributed by atoms with van der Waals surface area (Å²) in [7, 11) is 1.77. The molecule has 0 saturated heterocycles. The zero-order valence-electron chi connectivity index (χ0n) is 8.80. The van der Waals surface area contributed by atoms with Gasteiger partial charge in [-0.15, -0.1) is 0 Å². The summed E-state index contributed by atoms with van der Waals surface area (Å²) in [5.41, 5.74) is 5.61. The van der Waals surface area contributed by atoms with E-state index in [0.29, 0.717) is 12.6 Å². The molecule has 1 fully saturated rings. The van der Waals surface area contributed by atoms with Crippen molar-refractivity contribution in [1.29, 1.82) is 0 Å². The van der Waals surface area contributed by atoms with E-state index in [2.05, 4.69) is 0 Å². The molecule has 1 unspecified atom stereocenters. The molecule has 1 aliphatic carbocycles. The quantitative estimate of drug-likeness (QED) is 0.682. The zero-order valence-corrected chi connectivity index (χ0v) is 8.80. The lowest BCUT2D eigenvalue weighted by molar-refractivity contribution is 0.0841. The fourth-order valence-electron chi connectivity index (χ4n) is 2.26. The average Bonchev–Trinajstić information content (AvgIpc) is 2.42. The van der Waals surface area contributed by atoms with Gasteiger partial charge < -0.3 is 10.5 Å². The van der Waals surface area contributed by atoms with Crippen LogP contribution in [0, 0.1) is 5.92 Å². The Morgan fingerprint density at radius 3 is 2.31 bits per heavy atom. The number of hydrogen-bond acceptors (Lipinski definition) is 2. The predicted molar refractivity (Wildman–Crippen MR) is 55.7 cm³/mol. The monoisotopic (exact) mass is 185 g/mol. The van der Waals surface area contributed by atoms with Gasteiger partial charge in [0.15, 0.2) is 0 Å². The average molecular weight is 185 g/mol. The largest absolute Gasteiger partial charge is 0.380 e. The lowest BCUT2D eigenvalue weighted by Gasteiger charge is -2.19. The van der Waals surface area contributed by atoms with Crippen molar-refractivity contribution >= 4 is 0 Å². The Morgan fingerprint density at radius 2 is 1.85 bits per heavy atom. The molecule has 0 amide bonds. The van der Waals surface area contributed by atoms with Gasteiger partial charge in [-0.2, -0.15) is 0 Å². The highest BCUT2D eigenvalue weighted by Crippen LogP contribution is 2.26. The molecule has 0 aliphatic heterocycles. The molecule has 13 heavy (non-hydrogen) atoms. The molecule has 2 N–H and O–H groups in total. The molecule has 2 nitrogen and oxygen atoms in total. The fraction of sp³-hybridized carbons (Fsp3) is 1.00. The van der Waals surface area contributed by atoms with Crippen LogP contribution in [0.3, 0.4) is 0 Å². The molecule has 0 heterocycles. The summed E-state index contributed by atoms with van der Waals surface area (Å²) in [6.07, 6.45) is 9.92. The maximum Gasteiger partial charge on any atom is 0.0696 e. The Kier molecular flexibility index (Phi) is 5.40. The van der Waals surface area contributed by atoms with Crippen molar-refractivity contribution in [3.05, 3.63) is 0 Å². The molecule has 1 rings (SSSR count). The van der Waals surface area contributed by atoms with E-state index in [0.717, 1.165) is 5.92 Å². The third-order valence-electron chi connectivity index (χ3n) is 3.17. The Hall–Kier alpha value is -0.0800. The van der Waals surface area contributed by atoms with Crippen molar-refractivity contribution in [2.75, 3.05) is 13.7 Å². The van der Waals surface area contributed by atoms with Gasteiger partial charge in [0.25, 0.3) is 0 Å². The van der Waals surface area contributed by atoms with Crippen molar-refractivity contribution in [2.45, 2.75) is 51.0 Å². The second-order valence-corrected chi connectivity index (χ2v) is 4.19. The second kappa shape index (κ2) is 6.39. The first-order valence-corrected chi connectivity index (χ1v) is 5.59. The third-order valence-corrected chi connectivity index (χ3v) is 3.17. The third kappa shape index (κ3) is 4.10. The first-order chi connectivity index (χ1) is 6.36. The molecule has 0 aromatic carbocycles. The van der Waals surface area contributed by atoms with Crippen LogP contribution in [0.25, 0.3) is 0 Å². The normalized spacial score (nSPS) is 22.6. The van der Waals surface area contributed by atoms with E-state index in [1.54, 1.807) is 7.11 Å². The fourth-order valence-corrected chi connectivity index (χ4v) is 2.26. The van der Waals surface area contributed by atoms with Crippen molar-refractivity contribution in [2.24, 2.45) is 11.7 Å². The van der Waals surface area contributed by atoms with Gasteiger partial charge in [0.05, 0.1) is 6.10 Å². The van der Waals surface area contributed by atoms with Crippen molar-refractivity contribution in [3.8, 4) is 0 Å². The Balaban J connectivity index is 2.24. The van der Waals surface area contributed by atoms with Gasteiger partial charge in [-0.3, -0.25) is 0 Å². The summed E-state index contributed by atoms with van der Waals surface area (Å²) in [6.45, 7) is 0.674. The highest BCUT2D eigenvalue weighted by molar-refractivity contribution is 4.69. The Labute approximate surface area is 81.8 Å². The summed E-state index contributed by atoms with van der Waals surface area (Å²) in [6, 6.07) is 0. The van der Waals surface area contributed by atoms with E-state index in [1.807, 2.05) is 0 Å². The zero-order chi connectivity index (χ0) is 9.52. The van der Waals surface area contributed by atoms with Gasteiger partial charge in [-0.25, -0.2) is 0 Å². The molecule has 0 bridgehead atoms. The van der Waals surface area contributed by atoms with Gasteiger partial charge in [0, 0.05) is 13.7 Å². The highest BCUT2D eigenvalue weighted by Gasteiger charge is 2.16. The summed E-state index contributed by atoms with van der Waals surface area (Å²) in [5.74, 6) is 0.871. The van der Waals surface area contributed by atoms with Gasteiger partial charge in [-0.05, 0) is 12.3 Å². The second-order valence-electron chi connectivity index (χ2n) is 4.19. The molecular weight excluding hydrogens is 162 g/mol. The smallest absolute Gasteiger partial charge is 0.0696 e. The van der Waals surface area contributed by atoms with E-state index in [9.17, 15) is 0 Å². The number of hydrogen-bond donors (Lipinski definition) is 1. The molecule has 0 radical (unpaired) electrons. The molecule has 78 valence electrons. The van der Waals surface area contributed by atoms with Gasteiger partial charge in [-0.1, -0.05) is 38.5 Å². The van der Waals surface area contributed by atoms with Crippen molar-refractivity contribution < 1.29 is 4.74 Å². The van der Waals surface area contributed by atoms with Gasteiger partial charge in [0.1, 0.15) is 0 Å². The Bertz CT molecular complexity index is 115. The predicted octanol–water partition coefficient (Wildman–Crippen LogP) is 2.32. The standard InChI is InChI=1S/C11H23NO/c1-13-11(9-12)8-10-6-4-2-3-5-7-10/h10-11H,2-9,12H2,1H3. The number of rotatable bonds is 4. The van der Waals surface area contributed by atoms with E-state index in [1.165, 1.54) is 44.9 Å². The molecule has 2 heteroatoms. The lowest BCUT2D eigenvalue weighted by Crippen LogP contribution is -2.25. The minimum absolute atomic E-state index is 0.295. The Morgan fingerprint density at radius 1 is 1.23 bits per heavy atom. The van der Waals surface area contributed by atoms with Crippen LogP contribution in [0.2, 0.25) is 0 Å². The van der Waals surface area contributed by atoms with Crippen LogP contribution in [0.1, 0.15) is 44.9 Å². The molecule has 0 aromatic heterocycles. The molecule has 1 atom stereocenters. The first-order valence-electron chi connectivity index (χ1n) is 5.59. The lowest BCUT2D eigenvalue weighted by atomic mass is 9.94. The van der Waals surface area contributed by atoms with Crippen molar-refractivity contribution in [3.63, 3.8) is 0 Å². The SMILES string of the molecule is COC(CN)CC1CCCCCC1. The van der Waals surface area contributed by atoms with Crippen LogP contribution < -0.4 is 5.73 Å². The highest BCUT2D eigenvalue weighted by atomic mass is 16.5. The van der Waals surface area contributed by atoms with Gasteiger partial charge in [0.2, 0.25) is 0 Å². The maximum atomic E-state index is 5.61. The molecule has 1 saturated carbocycles. The number of nitrogens with two attached hydrogens (primary N) is 1. The summed E-state index contributed by atoms with van der Waals surface area (Å²) >= 11 is 0. The van der Waals surface area contributed by atoms with Crippen LogP contribution >= 0.6 is 0 Å². The summed E-state index contributed by atoms with van der Waals surface area (Å²) in [4.78, 5) is 0. The molecule has 1 aliphatic rings.